The Bertz CT molecular complexity index is 1560. The molecule has 4 aromatic rings. The zero-order valence-electron chi connectivity index (χ0n) is 23.6. The standard InChI is InChI=1S/C29H31F3N4O5/c1-17(27(38)41-28(2,3)4)36-16-20(14-34-36)18-8-10-35-21(15-33-25(35)13-18)19-11-23(39-5)26(24(12-19)40-6)22(37)7-9-29(30,31)32/h8,10-17H,7,9H2,1-6H3. The van der Waals surface area contributed by atoms with Crippen molar-refractivity contribution in [2.75, 3.05) is 14.2 Å². The number of fused-ring (bicyclic) bond motifs is 1. The molecule has 0 radical (unpaired) electrons. The molecular weight excluding hydrogens is 541 g/mol. The number of imidazole rings is 1. The van der Waals surface area contributed by atoms with Crippen molar-refractivity contribution in [1.82, 2.24) is 19.2 Å². The number of rotatable bonds is 9. The van der Waals surface area contributed by atoms with Crippen molar-refractivity contribution in [3.05, 3.63) is 54.6 Å². The van der Waals surface area contributed by atoms with Crippen LogP contribution < -0.4 is 9.47 Å². The van der Waals surface area contributed by atoms with Crippen LogP contribution in [0.25, 0.3) is 28.0 Å². The molecule has 0 N–H and O–H groups in total. The molecule has 3 aromatic heterocycles. The van der Waals surface area contributed by atoms with E-state index in [1.165, 1.54) is 14.2 Å². The molecule has 0 aliphatic rings. The molecule has 0 fully saturated rings. The van der Waals surface area contributed by atoms with Gasteiger partial charge in [-0.1, -0.05) is 0 Å². The number of ether oxygens (including phenoxy) is 3. The zero-order chi connectivity index (χ0) is 30.1. The molecule has 218 valence electrons. The minimum absolute atomic E-state index is 0.0447. The van der Waals surface area contributed by atoms with Crippen molar-refractivity contribution in [3.8, 4) is 33.9 Å². The highest BCUT2D eigenvalue weighted by Gasteiger charge is 2.30. The number of hydrogen-bond acceptors (Lipinski definition) is 7. The predicted octanol–water partition coefficient (Wildman–Crippen LogP) is 6.31. The highest BCUT2D eigenvalue weighted by Crippen LogP contribution is 2.37. The smallest absolute Gasteiger partial charge is 0.389 e. The summed E-state index contributed by atoms with van der Waals surface area (Å²) in [7, 11) is 2.67. The highest BCUT2D eigenvalue weighted by molar-refractivity contribution is 6.02. The van der Waals surface area contributed by atoms with Gasteiger partial charge in [-0.15, -0.1) is 0 Å². The van der Waals surface area contributed by atoms with Crippen LogP contribution in [-0.2, 0) is 9.53 Å². The average Bonchev–Trinajstić information content (AvgIpc) is 3.56. The molecule has 4 rings (SSSR count). The first-order chi connectivity index (χ1) is 19.2. The number of hydrogen-bond donors (Lipinski definition) is 0. The number of carbonyl (C=O) groups is 2. The molecule has 0 aliphatic heterocycles. The third kappa shape index (κ3) is 6.69. The van der Waals surface area contributed by atoms with Crippen molar-refractivity contribution in [1.29, 1.82) is 0 Å². The lowest BCUT2D eigenvalue weighted by Gasteiger charge is -2.22. The van der Waals surface area contributed by atoms with Crippen molar-refractivity contribution in [2.45, 2.75) is 58.4 Å². The van der Waals surface area contributed by atoms with Crippen LogP contribution >= 0.6 is 0 Å². The third-order valence-corrected chi connectivity index (χ3v) is 6.31. The molecule has 0 bridgehead atoms. The third-order valence-electron chi connectivity index (χ3n) is 6.31. The van der Waals surface area contributed by atoms with E-state index in [0.717, 1.165) is 11.1 Å². The topological polar surface area (TPSA) is 97.0 Å². The van der Waals surface area contributed by atoms with E-state index in [-0.39, 0.29) is 23.0 Å². The van der Waals surface area contributed by atoms with Crippen molar-refractivity contribution < 1.29 is 37.0 Å². The molecule has 1 aromatic carbocycles. The summed E-state index contributed by atoms with van der Waals surface area (Å²) in [5, 5.41) is 4.33. The van der Waals surface area contributed by atoms with Crippen LogP contribution in [0.5, 0.6) is 11.5 Å². The normalized spacial score (nSPS) is 12.8. The Hall–Kier alpha value is -4.35. The number of alkyl halides is 3. The summed E-state index contributed by atoms with van der Waals surface area (Å²) in [5.74, 6) is -0.916. The van der Waals surface area contributed by atoms with Gasteiger partial charge < -0.3 is 14.2 Å². The number of halogens is 3. The Kier molecular flexibility index (Phi) is 8.14. The Morgan fingerprint density at radius 2 is 1.63 bits per heavy atom. The van der Waals surface area contributed by atoms with Crippen molar-refractivity contribution >= 4 is 17.4 Å². The predicted molar refractivity (Wildman–Crippen MR) is 145 cm³/mol. The first kappa shape index (κ1) is 29.6. The Morgan fingerprint density at radius 3 is 2.22 bits per heavy atom. The second-order valence-electron chi connectivity index (χ2n) is 10.5. The van der Waals surface area contributed by atoms with E-state index in [2.05, 4.69) is 10.1 Å². The number of pyridine rings is 1. The van der Waals surface area contributed by atoms with Gasteiger partial charge in [-0.2, -0.15) is 18.3 Å². The first-order valence-corrected chi connectivity index (χ1v) is 12.8. The van der Waals surface area contributed by atoms with Crippen LogP contribution in [0.2, 0.25) is 0 Å². The van der Waals surface area contributed by atoms with Crippen molar-refractivity contribution in [2.24, 2.45) is 0 Å². The number of Topliss-reactive ketones (excluding diaryl/α,β-unsaturated/α-hetero) is 1. The fourth-order valence-electron chi connectivity index (χ4n) is 4.28. The minimum atomic E-state index is -4.46. The van der Waals surface area contributed by atoms with Gasteiger partial charge in [0.25, 0.3) is 0 Å². The van der Waals surface area contributed by atoms with Gasteiger partial charge in [0.15, 0.2) is 5.78 Å². The van der Waals surface area contributed by atoms with Gasteiger partial charge in [-0.3, -0.25) is 13.9 Å². The van der Waals surface area contributed by atoms with Gasteiger partial charge in [0.1, 0.15) is 34.4 Å². The summed E-state index contributed by atoms with van der Waals surface area (Å²) in [6.45, 7) is 7.13. The number of methoxy groups -OCH3 is 2. The molecule has 0 saturated carbocycles. The summed E-state index contributed by atoms with van der Waals surface area (Å²) in [4.78, 5) is 29.6. The van der Waals surface area contributed by atoms with Gasteiger partial charge in [0.05, 0.1) is 38.7 Å². The van der Waals surface area contributed by atoms with E-state index in [1.807, 2.05) is 22.7 Å². The summed E-state index contributed by atoms with van der Waals surface area (Å²) < 4.78 is 57.7. The Balaban J connectivity index is 1.64. The molecule has 41 heavy (non-hydrogen) atoms. The summed E-state index contributed by atoms with van der Waals surface area (Å²) in [6, 6.07) is 6.25. The van der Waals surface area contributed by atoms with Gasteiger partial charge in [0.2, 0.25) is 0 Å². The first-order valence-electron chi connectivity index (χ1n) is 12.8. The second kappa shape index (κ2) is 11.3. The molecule has 9 nitrogen and oxygen atoms in total. The number of ketones is 1. The van der Waals surface area contributed by atoms with Gasteiger partial charge in [0, 0.05) is 29.9 Å². The lowest BCUT2D eigenvalue weighted by molar-refractivity contribution is -0.158. The molecule has 0 saturated heterocycles. The maximum atomic E-state index is 12.7. The number of benzene rings is 1. The molecular formula is C29H31F3N4O5. The second-order valence-corrected chi connectivity index (χ2v) is 10.5. The molecule has 1 atom stereocenters. The summed E-state index contributed by atoms with van der Waals surface area (Å²) in [6.07, 6.45) is 0.431. The van der Waals surface area contributed by atoms with Gasteiger partial charge in [-0.05, 0) is 57.5 Å². The van der Waals surface area contributed by atoms with Crippen molar-refractivity contribution in [3.63, 3.8) is 0 Å². The van der Waals surface area contributed by atoms with E-state index in [4.69, 9.17) is 14.2 Å². The number of esters is 1. The molecule has 0 spiro atoms. The van der Waals surface area contributed by atoms with E-state index in [0.29, 0.717) is 16.9 Å². The van der Waals surface area contributed by atoms with Crippen LogP contribution in [-0.4, -0.2) is 56.9 Å². The van der Waals surface area contributed by atoms with Gasteiger partial charge in [-0.25, -0.2) is 9.78 Å². The number of nitrogens with zero attached hydrogens (tertiary/aromatic N) is 4. The average molecular weight is 573 g/mol. The quantitative estimate of drug-likeness (QED) is 0.171. The molecule has 1 unspecified atom stereocenters. The van der Waals surface area contributed by atoms with E-state index >= 15 is 0 Å². The maximum absolute atomic E-state index is 12.7. The molecule has 12 heteroatoms. The Labute approximate surface area is 234 Å². The van der Waals surface area contributed by atoms with Crippen LogP contribution in [0, 0.1) is 0 Å². The van der Waals surface area contributed by atoms with Crippen LogP contribution in [0.15, 0.2) is 49.1 Å². The van der Waals surface area contributed by atoms with Crippen LogP contribution in [0.3, 0.4) is 0 Å². The lowest BCUT2D eigenvalue weighted by atomic mass is 10.0. The SMILES string of the molecule is COc1cc(-c2cnc3cc(-c4cnn(C(C)C(=O)OC(C)(C)C)c4)ccn23)cc(OC)c1C(=O)CCC(F)(F)F. The van der Waals surface area contributed by atoms with E-state index in [1.54, 1.807) is 63.1 Å². The summed E-state index contributed by atoms with van der Waals surface area (Å²) in [5.41, 5.74) is 2.78. The maximum Gasteiger partial charge on any atom is 0.389 e. The lowest BCUT2D eigenvalue weighted by Crippen LogP contribution is -2.29. The fourth-order valence-corrected chi connectivity index (χ4v) is 4.28. The summed E-state index contributed by atoms with van der Waals surface area (Å²) >= 11 is 0. The highest BCUT2D eigenvalue weighted by atomic mass is 19.4. The Morgan fingerprint density at radius 1 is 0.976 bits per heavy atom. The number of aromatic nitrogens is 4. The minimum Gasteiger partial charge on any atom is -0.496 e. The monoisotopic (exact) mass is 572 g/mol. The van der Waals surface area contributed by atoms with Crippen LogP contribution in [0.4, 0.5) is 13.2 Å². The fraction of sp³-hybridized carbons (Fsp3) is 0.379. The molecule has 3 heterocycles. The molecule has 0 aliphatic carbocycles. The van der Waals surface area contributed by atoms with E-state index < -0.39 is 36.4 Å². The van der Waals surface area contributed by atoms with Crippen LogP contribution in [0.1, 0.15) is 56.9 Å². The number of carbonyl (C=O) groups excluding carboxylic acids is 2. The molecule has 0 amide bonds. The van der Waals surface area contributed by atoms with Gasteiger partial charge >= 0.3 is 12.1 Å². The largest absolute Gasteiger partial charge is 0.496 e. The zero-order valence-corrected chi connectivity index (χ0v) is 23.6. The van der Waals surface area contributed by atoms with E-state index in [9.17, 15) is 22.8 Å².